The van der Waals surface area contributed by atoms with Crippen LogP contribution in [0.25, 0.3) is 0 Å². The first-order valence-electron chi connectivity index (χ1n) is 3.75. The third kappa shape index (κ3) is 5.61. The minimum atomic E-state index is 1.08. The topological polar surface area (TPSA) is 0 Å². The summed E-state index contributed by atoms with van der Waals surface area (Å²) in [5.74, 6) is 0. The lowest BCUT2D eigenvalue weighted by molar-refractivity contribution is 1.13. The van der Waals surface area contributed by atoms with Crippen LogP contribution in [0.2, 0.25) is 0 Å². The second-order valence-corrected chi connectivity index (χ2v) is 2.82. The Morgan fingerprint density at radius 3 is 2.20 bits per heavy atom. The summed E-state index contributed by atoms with van der Waals surface area (Å²) in [5.41, 5.74) is 2.79. The highest BCUT2D eigenvalue weighted by molar-refractivity contribution is 5.09. The molecule has 0 fully saturated rings. The Labute approximate surface area is 64.6 Å². The van der Waals surface area contributed by atoms with Gasteiger partial charge in [0.25, 0.3) is 0 Å². The molecule has 57 valence electrons. The SMILES string of the molecule is C/C=C(\C)C[CH]C=C(C)C. The molecular formula is C10H17. The highest BCUT2D eigenvalue weighted by atomic mass is 13.9. The summed E-state index contributed by atoms with van der Waals surface area (Å²) in [6.07, 6.45) is 7.59. The molecule has 0 N–H and O–H groups in total. The van der Waals surface area contributed by atoms with Crippen molar-refractivity contribution in [2.75, 3.05) is 0 Å². The van der Waals surface area contributed by atoms with Crippen molar-refractivity contribution in [3.05, 3.63) is 29.7 Å². The molecule has 0 unspecified atom stereocenters. The van der Waals surface area contributed by atoms with Crippen molar-refractivity contribution in [2.24, 2.45) is 0 Å². The van der Waals surface area contributed by atoms with Crippen molar-refractivity contribution in [3.63, 3.8) is 0 Å². The predicted octanol–water partition coefficient (Wildman–Crippen LogP) is 3.51. The highest BCUT2D eigenvalue weighted by Crippen LogP contribution is 2.04. The molecule has 10 heavy (non-hydrogen) atoms. The number of hydrogen-bond acceptors (Lipinski definition) is 0. The van der Waals surface area contributed by atoms with E-state index in [1.54, 1.807) is 0 Å². The standard InChI is InChI=1S/C10H17/c1-5-10(4)8-6-7-9(2)3/h5-7H,8H2,1-4H3/b10-5+. The van der Waals surface area contributed by atoms with Crippen LogP contribution in [0.15, 0.2) is 23.3 Å². The molecule has 0 spiro atoms. The highest BCUT2D eigenvalue weighted by Gasteiger charge is 1.85. The molecule has 0 saturated heterocycles. The Balaban J connectivity index is 3.47. The van der Waals surface area contributed by atoms with E-state index in [-0.39, 0.29) is 0 Å². The van der Waals surface area contributed by atoms with E-state index in [0.717, 1.165) is 6.42 Å². The zero-order valence-electron chi connectivity index (χ0n) is 7.44. The quantitative estimate of drug-likeness (QED) is 0.522. The van der Waals surface area contributed by atoms with Gasteiger partial charge in [0.2, 0.25) is 0 Å². The van der Waals surface area contributed by atoms with Crippen LogP contribution in [0.5, 0.6) is 0 Å². The number of rotatable bonds is 3. The Morgan fingerprint density at radius 1 is 1.20 bits per heavy atom. The van der Waals surface area contributed by atoms with E-state index in [1.807, 2.05) is 0 Å². The normalized spacial score (nSPS) is 11.4. The van der Waals surface area contributed by atoms with E-state index in [4.69, 9.17) is 0 Å². The smallest absolute Gasteiger partial charge is 0.0128 e. The molecule has 0 aromatic rings. The molecule has 0 aromatic heterocycles. The number of allylic oxidation sites excluding steroid dienone is 4. The molecule has 0 nitrogen and oxygen atoms in total. The molecule has 0 heterocycles. The molecule has 0 amide bonds. The van der Waals surface area contributed by atoms with Crippen molar-refractivity contribution >= 4 is 0 Å². The Morgan fingerprint density at radius 2 is 1.80 bits per heavy atom. The fraction of sp³-hybridized carbons (Fsp3) is 0.500. The second-order valence-electron chi connectivity index (χ2n) is 2.82. The lowest BCUT2D eigenvalue weighted by atomic mass is 10.1. The van der Waals surface area contributed by atoms with Crippen LogP contribution in [0.1, 0.15) is 34.1 Å². The van der Waals surface area contributed by atoms with Crippen molar-refractivity contribution in [2.45, 2.75) is 34.1 Å². The molecule has 0 bridgehead atoms. The first kappa shape index (κ1) is 9.48. The van der Waals surface area contributed by atoms with Gasteiger partial charge in [0.05, 0.1) is 0 Å². The summed E-state index contributed by atoms with van der Waals surface area (Å²) in [7, 11) is 0. The van der Waals surface area contributed by atoms with Crippen LogP contribution in [0.3, 0.4) is 0 Å². The first-order chi connectivity index (χ1) is 4.66. The predicted molar refractivity (Wildman–Crippen MR) is 47.8 cm³/mol. The summed E-state index contributed by atoms with van der Waals surface area (Å²) in [5, 5.41) is 0. The molecule has 0 aliphatic heterocycles. The fourth-order valence-corrected chi connectivity index (χ4v) is 0.598. The Bertz CT molecular complexity index is 134. The van der Waals surface area contributed by atoms with E-state index < -0.39 is 0 Å². The van der Waals surface area contributed by atoms with Gasteiger partial charge in [-0.25, -0.2) is 0 Å². The maximum absolute atomic E-state index is 2.20. The van der Waals surface area contributed by atoms with Gasteiger partial charge in [-0.3, -0.25) is 0 Å². The van der Waals surface area contributed by atoms with E-state index in [1.165, 1.54) is 11.1 Å². The van der Waals surface area contributed by atoms with Gasteiger partial charge in [0, 0.05) is 0 Å². The number of hydrogen-bond donors (Lipinski definition) is 0. The zero-order chi connectivity index (χ0) is 7.98. The molecule has 0 aliphatic carbocycles. The Kier molecular flexibility index (Phi) is 5.00. The fourth-order valence-electron chi connectivity index (χ4n) is 0.598. The average Bonchev–Trinajstić information content (AvgIpc) is 1.87. The average molecular weight is 137 g/mol. The van der Waals surface area contributed by atoms with Crippen LogP contribution in [-0.2, 0) is 0 Å². The van der Waals surface area contributed by atoms with E-state index >= 15 is 0 Å². The Hall–Kier alpha value is -0.520. The lowest BCUT2D eigenvalue weighted by Gasteiger charge is -1.94. The van der Waals surface area contributed by atoms with Crippen molar-refractivity contribution in [1.82, 2.24) is 0 Å². The van der Waals surface area contributed by atoms with Gasteiger partial charge in [0.15, 0.2) is 0 Å². The molecule has 0 rings (SSSR count). The molecule has 0 saturated carbocycles. The third-order valence-electron chi connectivity index (χ3n) is 1.38. The first-order valence-corrected chi connectivity index (χ1v) is 3.75. The molecule has 0 aliphatic rings. The lowest BCUT2D eigenvalue weighted by Crippen LogP contribution is -1.75. The maximum Gasteiger partial charge on any atom is -0.0128 e. The van der Waals surface area contributed by atoms with Gasteiger partial charge in [-0.15, -0.1) is 0 Å². The van der Waals surface area contributed by atoms with Gasteiger partial charge in [0.1, 0.15) is 0 Å². The molecule has 0 aromatic carbocycles. The largest absolute Gasteiger partial charge is 0.0887 e. The minimum absolute atomic E-state index is 1.08. The van der Waals surface area contributed by atoms with Gasteiger partial charge in [-0.2, -0.15) is 0 Å². The van der Waals surface area contributed by atoms with E-state index in [9.17, 15) is 0 Å². The van der Waals surface area contributed by atoms with Crippen molar-refractivity contribution in [3.8, 4) is 0 Å². The van der Waals surface area contributed by atoms with Crippen LogP contribution in [0.4, 0.5) is 0 Å². The maximum atomic E-state index is 2.20. The summed E-state index contributed by atoms with van der Waals surface area (Å²) in [4.78, 5) is 0. The monoisotopic (exact) mass is 137 g/mol. The zero-order valence-corrected chi connectivity index (χ0v) is 7.44. The molecule has 1 radical (unpaired) electrons. The second kappa shape index (κ2) is 5.28. The summed E-state index contributed by atoms with van der Waals surface area (Å²) in [6.45, 7) is 8.45. The molecule has 0 heteroatoms. The van der Waals surface area contributed by atoms with E-state index in [0.29, 0.717) is 0 Å². The van der Waals surface area contributed by atoms with E-state index in [2.05, 4.69) is 46.3 Å². The summed E-state index contributed by atoms with van der Waals surface area (Å²) >= 11 is 0. The van der Waals surface area contributed by atoms with Crippen LogP contribution < -0.4 is 0 Å². The van der Waals surface area contributed by atoms with Gasteiger partial charge >= 0.3 is 0 Å². The molecular weight excluding hydrogens is 120 g/mol. The van der Waals surface area contributed by atoms with Crippen molar-refractivity contribution in [1.29, 1.82) is 0 Å². The minimum Gasteiger partial charge on any atom is -0.0887 e. The van der Waals surface area contributed by atoms with Gasteiger partial charge in [-0.1, -0.05) is 23.3 Å². The van der Waals surface area contributed by atoms with Crippen molar-refractivity contribution < 1.29 is 0 Å². The van der Waals surface area contributed by atoms with Gasteiger partial charge < -0.3 is 0 Å². The van der Waals surface area contributed by atoms with Crippen LogP contribution in [-0.4, -0.2) is 0 Å². The van der Waals surface area contributed by atoms with Gasteiger partial charge in [-0.05, 0) is 40.5 Å². The van der Waals surface area contributed by atoms with Crippen LogP contribution in [0, 0.1) is 6.42 Å². The summed E-state index contributed by atoms with van der Waals surface area (Å²) in [6, 6.07) is 0. The summed E-state index contributed by atoms with van der Waals surface area (Å²) < 4.78 is 0. The third-order valence-corrected chi connectivity index (χ3v) is 1.38. The van der Waals surface area contributed by atoms with Crippen LogP contribution >= 0.6 is 0 Å². The molecule has 0 atom stereocenters.